The maximum Gasteiger partial charge on any atom is 0.287 e. The van der Waals surface area contributed by atoms with Crippen molar-refractivity contribution >= 4 is 16.9 Å². The highest BCUT2D eigenvalue weighted by Crippen LogP contribution is 2.20. The van der Waals surface area contributed by atoms with Crippen molar-refractivity contribution in [2.24, 2.45) is 5.92 Å². The number of fused-ring (bicyclic) bond motifs is 1. The molecular weight excluding hydrogens is 311 g/mol. The molecule has 0 radical (unpaired) electrons. The molecule has 0 aliphatic carbocycles. The largest absolute Gasteiger partial charge is 0.451 e. The van der Waals surface area contributed by atoms with E-state index in [-0.39, 0.29) is 18.1 Å². The minimum atomic E-state index is -0.621. The summed E-state index contributed by atoms with van der Waals surface area (Å²) in [5.41, 5.74) is 0.463. The molecule has 24 heavy (non-hydrogen) atoms. The lowest BCUT2D eigenvalue weighted by Crippen LogP contribution is -2.43. The normalized spacial score (nSPS) is 18.0. The van der Waals surface area contributed by atoms with Gasteiger partial charge in [0.05, 0.1) is 6.10 Å². The molecule has 3 rings (SSSR count). The molecule has 1 unspecified atom stereocenters. The fourth-order valence-corrected chi connectivity index (χ4v) is 3.03. The summed E-state index contributed by atoms with van der Waals surface area (Å²) >= 11 is 0. The standard InChI is InChI=1S/C18H23FN2O3/c1-12-4-6-21(7-5-12)11-15(22)10-20-18(23)17-9-13-8-14(19)2-3-16(13)24-17/h2-3,8-9,12,15,22H,4-7,10-11H2,1H3,(H,20,23). The van der Waals surface area contributed by atoms with Crippen LogP contribution < -0.4 is 5.32 Å². The van der Waals surface area contributed by atoms with Crippen LogP contribution in [0, 0.1) is 11.7 Å². The molecule has 0 spiro atoms. The number of carbonyl (C=O) groups is 1. The SMILES string of the molecule is CC1CCN(CC(O)CNC(=O)c2cc3cc(F)ccc3o2)CC1. The number of hydrogen-bond donors (Lipinski definition) is 2. The van der Waals surface area contributed by atoms with Crippen molar-refractivity contribution in [2.45, 2.75) is 25.9 Å². The van der Waals surface area contributed by atoms with Gasteiger partial charge < -0.3 is 19.7 Å². The van der Waals surface area contributed by atoms with Crippen molar-refractivity contribution in [3.63, 3.8) is 0 Å². The van der Waals surface area contributed by atoms with Gasteiger partial charge in [-0.3, -0.25) is 4.79 Å². The van der Waals surface area contributed by atoms with Gasteiger partial charge in [-0.25, -0.2) is 4.39 Å². The molecule has 0 saturated carbocycles. The summed E-state index contributed by atoms with van der Waals surface area (Å²) in [5, 5.41) is 13.3. The van der Waals surface area contributed by atoms with Crippen molar-refractivity contribution in [1.29, 1.82) is 0 Å². The van der Waals surface area contributed by atoms with E-state index in [4.69, 9.17) is 4.42 Å². The Bertz CT molecular complexity index is 707. The molecule has 1 aliphatic heterocycles. The molecule has 1 amide bonds. The van der Waals surface area contributed by atoms with Crippen molar-refractivity contribution in [2.75, 3.05) is 26.2 Å². The molecule has 2 aromatic rings. The summed E-state index contributed by atoms with van der Waals surface area (Å²) < 4.78 is 18.6. The van der Waals surface area contributed by atoms with Gasteiger partial charge in [0, 0.05) is 18.5 Å². The van der Waals surface area contributed by atoms with Crippen LogP contribution in [-0.4, -0.2) is 48.2 Å². The molecule has 5 nitrogen and oxygen atoms in total. The van der Waals surface area contributed by atoms with Crippen molar-refractivity contribution in [3.05, 3.63) is 35.8 Å². The Kier molecular flexibility index (Phi) is 5.16. The van der Waals surface area contributed by atoms with Gasteiger partial charge in [0.1, 0.15) is 11.4 Å². The van der Waals surface area contributed by atoms with E-state index in [1.165, 1.54) is 24.3 Å². The van der Waals surface area contributed by atoms with Crippen molar-refractivity contribution in [3.8, 4) is 0 Å². The van der Waals surface area contributed by atoms with Gasteiger partial charge in [0.2, 0.25) is 0 Å². The summed E-state index contributed by atoms with van der Waals surface area (Å²) in [6, 6.07) is 5.61. The lowest BCUT2D eigenvalue weighted by atomic mass is 9.99. The van der Waals surface area contributed by atoms with Gasteiger partial charge in [-0.2, -0.15) is 0 Å². The predicted molar refractivity (Wildman–Crippen MR) is 89.4 cm³/mol. The summed E-state index contributed by atoms with van der Waals surface area (Å²) in [7, 11) is 0. The summed E-state index contributed by atoms with van der Waals surface area (Å²) in [4.78, 5) is 14.3. The molecule has 1 aromatic heterocycles. The Balaban J connectivity index is 1.50. The highest BCUT2D eigenvalue weighted by molar-refractivity contribution is 5.96. The van der Waals surface area contributed by atoms with Gasteiger partial charge >= 0.3 is 0 Å². The first-order chi connectivity index (χ1) is 11.5. The third kappa shape index (κ3) is 4.13. The molecular formula is C18H23FN2O3. The molecule has 130 valence electrons. The average molecular weight is 334 g/mol. The van der Waals surface area contributed by atoms with Crippen LogP contribution in [0.3, 0.4) is 0 Å². The van der Waals surface area contributed by atoms with Crippen LogP contribution in [0.15, 0.2) is 28.7 Å². The molecule has 1 atom stereocenters. The van der Waals surface area contributed by atoms with Crippen molar-refractivity contribution < 1.29 is 18.7 Å². The number of amides is 1. The number of β-amino-alcohol motifs (C(OH)–C–C–N with tert-alkyl or cyclic N) is 1. The third-order valence-electron chi connectivity index (χ3n) is 4.55. The van der Waals surface area contributed by atoms with Crippen LogP contribution in [0.25, 0.3) is 11.0 Å². The van der Waals surface area contributed by atoms with Crippen LogP contribution in [0.1, 0.15) is 30.3 Å². The summed E-state index contributed by atoms with van der Waals surface area (Å²) in [5.74, 6) is 0.0880. The monoisotopic (exact) mass is 334 g/mol. The number of furan rings is 1. The molecule has 2 heterocycles. The number of carbonyl (C=O) groups excluding carboxylic acids is 1. The van der Waals surface area contributed by atoms with E-state index in [1.54, 1.807) is 0 Å². The molecule has 1 aromatic carbocycles. The second kappa shape index (κ2) is 7.32. The smallest absolute Gasteiger partial charge is 0.287 e. The summed E-state index contributed by atoms with van der Waals surface area (Å²) in [6.45, 7) is 4.93. The lowest BCUT2D eigenvalue weighted by Gasteiger charge is -2.31. The van der Waals surface area contributed by atoms with E-state index >= 15 is 0 Å². The number of likely N-dealkylation sites (tertiary alicyclic amines) is 1. The van der Waals surface area contributed by atoms with Crippen LogP contribution in [0.4, 0.5) is 4.39 Å². The number of benzene rings is 1. The lowest BCUT2D eigenvalue weighted by molar-refractivity contribution is 0.0781. The zero-order valence-electron chi connectivity index (χ0n) is 13.8. The van der Waals surface area contributed by atoms with Gasteiger partial charge in [0.15, 0.2) is 5.76 Å². The molecule has 0 bridgehead atoms. The first kappa shape index (κ1) is 16.9. The van der Waals surface area contributed by atoms with Crippen LogP contribution in [-0.2, 0) is 0 Å². The number of aliphatic hydroxyl groups excluding tert-OH is 1. The van der Waals surface area contributed by atoms with E-state index in [1.807, 2.05) is 0 Å². The van der Waals surface area contributed by atoms with Gasteiger partial charge in [-0.1, -0.05) is 6.92 Å². The maximum atomic E-state index is 13.2. The number of nitrogens with one attached hydrogen (secondary N) is 1. The molecule has 1 aliphatic rings. The first-order valence-electron chi connectivity index (χ1n) is 8.39. The Labute approximate surface area is 140 Å². The molecule has 2 N–H and O–H groups in total. The number of aliphatic hydroxyl groups is 1. The quantitative estimate of drug-likeness (QED) is 0.881. The third-order valence-corrected chi connectivity index (χ3v) is 4.55. The summed E-state index contributed by atoms with van der Waals surface area (Å²) in [6.07, 6.45) is 1.67. The fraction of sp³-hybridized carbons (Fsp3) is 0.500. The molecule has 6 heteroatoms. The average Bonchev–Trinajstić information content (AvgIpc) is 2.98. The van der Waals surface area contributed by atoms with Gasteiger partial charge in [-0.15, -0.1) is 0 Å². The topological polar surface area (TPSA) is 65.7 Å². The molecule has 1 saturated heterocycles. The maximum absolute atomic E-state index is 13.2. The zero-order chi connectivity index (χ0) is 17.1. The second-order valence-corrected chi connectivity index (χ2v) is 6.64. The Morgan fingerprint density at radius 3 is 2.92 bits per heavy atom. The number of piperidine rings is 1. The Morgan fingerprint density at radius 2 is 2.17 bits per heavy atom. The van der Waals surface area contributed by atoms with E-state index in [9.17, 15) is 14.3 Å². The number of hydrogen-bond acceptors (Lipinski definition) is 4. The van der Waals surface area contributed by atoms with Crippen LogP contribution in [0.5, 0.6) is 0 Å². The van der Waals surface area contributed by atoms with Crippen LogP contribution >= 0.6 is 0 Å². The Morgan fingerprint density at radius 1 is 1.42 bits per heavy atom. The number of rotatable bonds is 5. The van der Waals surface area contributed by atoms with Crippen molar-refractivity contribution in [1.82, 2.24) is 10.2 Å². The van der Waals surface area contributed by atoms with E-state index in [2.05, 4.69) is 17.1 Å². The predicted octanol–water partition coefficient (Wildman–Crippen LogP) is 2.39. The minimum absolute atomic E-state index is 0.120. The molecule has 1 fully saturated rings. The van der Waals surface area contributed by atoms with E-state index in [0.717, 1.165) is 31.8 Å². The highest BCUT2D eigenvalue weighted by atomic mass is 19.1. The van der Waals surface area contributed by atoms with E-state index in [0.29, 0.717) is 17.5 Å². The number of nitrogens with zero attached hydrogens (tertiary/aromatic N) is 1. The van der Waals surface area contributed by atoms with E-state index < -0.39 is 12.0 Å². The fourth-order valence-electron chi connectivity index (χ4n) is 3.03. The first-order valence-corrected chi connectivity index (χ1v) is 8.39. The second-order valence-electron chi connectivity index (χ2n) is 6.64. The highest BCUT2D eigenvalue weighted by Gasteiger charge is 2.19. The minimum Gasteiger partial charge on any atom is -0.451 e. The Hall–Kier alpha value is -1.92. The zero-order valence-corrected chi connectivity index (χ0v) is 13.8. The van der Waals surface area contributed by atoms with Gasteiger partial charge in [0.25, 0.3) is 5.91 Å². The number of halogens is 1. The van der Waals surface area contributed by atoms with Crippen LogP contribution in [0.2, 0.25) is 0 Å². The van der Waals surface area contributed by atoms with Gasteiger partial charge in [-0.05, 0) is 56.1 Å².